The van der Waals surface area contributed by atoms with E-state index >= 15 is 0 Å². The summed E-state index contributed by atoms with van der Waals surface area (Å²) in [7, 11) is 0. The molecule has 0 N–H and O–H groups in total. The van der Waals surface area contributed by atoms with Crippen LogP contribution in [0.25, 0.3) is 0 Å². The van der Waals surface area contributed by atoms with E-state index in [0.29, 0.717) is 19.3 Å². The van der Waals surface area contributed by atoms with E-state index in [4.69, 9.17) is 14.2 Å². The molecule has 0 aromatic carbocycles. The smallest absolute Gasteiger partial charge is 0.306 e. The van der Waals surface area contributed by atoms with Gasteiger partial charge in [0.05, 0.1) is 0 Å². The Bertz CT molecular complexity index is 1200. The zero-order valence-electron chi connectivity index (χ0n) is 52.5. The lowest BCUT2D eigenvalue weighted by molar-refractivity contribution is -0.167. The van der Waals surface area contributed by atoms with Crippen LogP contribution in [0.4, 0.5) is 0 Å². The summed E-state index contributed by atoms with van der Waals surface area (Å²) in [5.41, 5.74) is 0. The molecule has 0 fully saturated rings. The van der Waals surface area contributed by atoms with Crippen LogP contribution in [0.15, 0.2) is 12.2 Å². The summed E-state index contributed by atoms with van der Waals surface area (Å²) in [6, 6.07) is 0. The van der Waals surface area contributed by atoms with Crippen molar-refractivity contribution in [1.82, 2.24) is 0 Å². The first kappa shape index (κ1) is 75.2. The van der Waals surface area contributed by atoms with E-state index in [2.05, 4.69) is 32.9 Å². The highest BCUT2D eigenvalue weighted by Gasteiger charge is 2.19. The van der Waals surface area contributed by atoms with Gasteiger partial charge in [0.15, 0.2) is 6.10 Å². The van der Waals surface area contributed by atoms with Crippen LogP contribution < -0.4 is 0 Å². The molecule has 0 aliphatic heterocycles. The standard InChI is InChI=1S/C71H136O6/c1-4-7-10-13-16-19-22-24-26-28-30-32-34-35-36-37-38-40-41-43-45-47-49-52-55-58-61-64-70(73)76-67-68(66-75-69(72)63-60-57-54-51-21-18-15-12-9-6-3)77-71(74)65-62-59-56-53-50-48-46-44-42-39-33-31-29-27-25-23-20-17-14-11-8-5-2/h28,30,68H,4-27,29,31-67H2,1-3H3/b30-28-. The molecule has 0 aromatic heterocycles. The van der Waals surface area contributed by atoms with E-state index < -0.39 is 6.10 Å². The van der Waals surface area contributed by atoms with Crippen molar-refractivity contribution in [3.63, 3.8) is 0 Å². The number of ether oxygens (including phenoxy) is 3. The minimum atomic E-state index is -0.764. The van der Waals surface area contributed by atoms with E-state index in [1.165, 1.54) is 308 Å². The van der Waals surface area contributed by atoms with Crippen LogP contribution in [0, 0.1) is 0 Å². The first-order valence-electron chi connectivity index (χ1n) is 35.2. The van der Waals surface area contributed by atoms with Gasteiger partial charge in [-0.1, -0.05) is 354 Å². The number of hydrogen-bond donors (Lipinski definition) is 0. The van der Waals surface area contributed by atoms with Gasteiger partial charge in [-0.05, 0) is 44.9 Å². The normalized spacial score (nSPS) is 12.0. The highest BCUT2D eigenvalue weighted by molar-refractivity contribution is 5.71. The minimum absolute atomic E-state index is 0.0627. The lowest BCUT2D eigenvalue weighted by Gasteiger charge is -2.18. The van der Waals surface area contributed by atoms with E-state index in [1.54, 1.807) is 0 Å². The van der Waals surface area contributed by atoms with Crippen molar-refractivity contribution in [1.29, 1.82) is 0 Å². The fourth-order valence-electron chi connectivity index (χ4n) is 11.0. The molecule has 0 rings (SSSR count). The molecule has 77 heavy (non-hydrogen) atoms. The van der Waals surface area contributed by atoms with Crippen LogP contribution >= 0.6 is 0 Å². The van der Waals surface area contributed by atoms with Crippen molar-refractivity contribution >= 4 is 17.9 Å². The topological polar surface area (TPSA) is 78.9 Å². The van der Waals surface area contributed by atoms with Gasteiger partial charge in [0.2, 0.25) is 0 Å². The molecule has 0 saturated carbocycles. The van der Waals surface area contributed by atoms with Crippen molar-refractivity contribution in [2.45, 2.75) is 412 Å². The molecular formula is C71H136O6. The highest BCUT2D eigenvalue weighted by atomic mass is 16.6. The number of allylic oxidation sites excluding steroid dienone is 2. The summed E-state index contributed by atoms with van der Waals surface area (Å²) in [5.74, 6) is -0.830. The number of carbonyl (C=O) groups is 3. The molecule has 0 spiro atoms. The minimum Gasteiger partial charge on any atom is -0.462 e. The molecule has 0 amide bonds. The fourth-order valence-corrected chi connectivity index (χ4v) is 11.0. The van der Waals surface area contributed by atoms with Gasteiger partial charge in [-0.2, -0.15) is 0 Å². The second-order valence-electron chi connectivity index (χ2n) is 24.2. The molecule has 0 radical (unpaired) electrons. The first-order valence-corrected chi connectivity index (χ1v) is 35.2. The molecular weight excluding hydrogens is 949 g/mol. The number of hydrogen-bond acceptors (Lipinski definition) is 6. The summed E-state index contributed by atoms with van der Waals surface area (Å²) >= 11 is 0. The van der Waals surface area contributed by atoms with Crippen LogP contribution in [0.1, 0.15) is 406 Å². The Morgan fingerprint density at radius 1 is 0.247 bits per heavy atom. The Kier molecular flexibility index (Phi) is 65.1. The van der Waals surface area contributed by atoms with Crippen molar-refractivity contribution < 1.29 is 28.6 Å². The van der Waals surface area contributed by atoms with E-state index in [9.17, 15) is 14.4 Å². The van der Waals surface area contributed by atoms with Gasteiger partial charge in [0.25, 0.3) is 0 Å². The van der Waals surface area contributed by atoms with Gasteiger partial charge < -0.3 is 14.2 Å². The summed E-state index contributed by atoms with van der Waals surface area (Å²) < 4.78 is 17.0. The largest absolute Gasteiger partial charge is 0.462 e. The third-order valence-corrected chi connectivity index (χ3v) is 16.3. The van der Waals surface area contributed by atoms with Gasteiger partial charge in [0, 0.05) is 19.3 Å². The molecule has 1 unspecified atom stereocenters. The van der Waals surface area contributed by atoms with Crippen LogP contribution in [0.2, 0.25) is 0 Å². The van der Waals surface area contributed by atoms with Crippen molar-refractivity contribution in [3.8, 4) is 0 Å². The van der Waals surface area contributed by atoms with Gasteiger partial charge in [-0.25, -0.2) is 0 Å². The third kappa shape index (κ3) is 64.9. The van der Waals surface area contributed by atoms with Crippen molar-refractivity contribution in [2.75, 3.05) is 13.2 Å². The molecule has 0 heterocycles. The fraction of sp³-hybridized carbons (Fsp3) is 0.930. The summed E-state index contributed by atoms with van der Waals surface area (Å²) in [4.78, 5) is 38.3. The van der Waals surface area contributed by atoms with E-state index in [0.717, 1.165) is 57.8 Å². The maximum Gasteiger partial charge on any atom is 0.306 e. The van der Waals surface area contributed by atoms with Crippen LogP contribution in [0.5, 0.6) is 0 Å². The maximum absolute atomic E-state index is 12.9. The zero-order chi connectivity index (χ0) is 55.7. The van der Waals surface area contributed by atoms with E-state index in [1.807, 2.05) is 0 Å². The predicted molar refractivity (Wildman–Crippen MR) is 335 cm³/mol. The monoisotopic (exact) mass is 1090 g/mol. The predicted octanol–water partition coefficient (Wildman–Crippen LogP) is 24.0. The van der Waals surface area contributed by atoms with Gasteiger partial charge >= 0.3 is 17.9 Å². The Labute approximate surface area is 481 Å². The molecule has 6 heteroatoms. The second kappa shape index (κ2) is 66.7. The van der Waals surface area contributed by atoms with Crippen molar-refractivity contribution in [2.24, 2.45) is 0 Å². The molecule has 0 saturated heterocycles. The quantitative estimate of drug-likeness (QED) is 0.0261. The number of carbonyl (C=O) groups excluding carboxylic acids is 3. The number of rotatable bonds is 66. The lowest BCUT2D eigenvalue weighted by atomic mass is 10.0. The summed E-state index contributed by atoms with van der Waals surface area (Å²) in [5, 5.41) is 0. The maximum atomic E-state index is 12.9. The lowest BCUT2D eigenvalue weighted by Crippen LogP contribution is -2.30. The average Bonchev–Trinajstić information content (AvgIpc) is 3.43. The Balaban J connectivity index is 4.12. The van der Waals surface area contributed by atoms with Crippen molar-refractivity contribution in [3.05, 3.63) is 12.2 Å². The summed E-state index contributed by atoms with van der Waals surface area (Å²) in [6.45, 7) is 6.71. The first-order chi connectivity index (χ1) is 38.0. The van der Waals surface area contributed by atoms with E-state index in [-0.39, 0.29) is 31.1 Å². The highest BCUT2D eigenvalue weighted by Crippen LogP contribution is 2.19. The van der Waals surface area contributed by atoms with Gasteiger partial charge in [-0.15, -0.1) is 0 Å². The van der Waals surface area contributed by atoms with Gasteiger partial charge in [0.1, 0.15) is 13.2 Å². The number of unbranched alkanes of at least 4 members (excludes halogenated alkanes) is 53. The molecule has 1 atom stereocenters. The Morgan fingerprint density at radius 2 is 0.429 bits per heavy atom. The SMILES string of the molecule is CCCCCCCCCC/C=C\CCCCCCCCCCCCCCCCCC(=O)OCC(COC(=O)CCCCCCCCCCCC)OC(=O)CCCCCCCCCCCCCCCCCCCCCCCC. The summed E-state index contributed by atoms with van der Waals surface area (Å²) in [6.07, 6.45) is 79.7. The molecule has 0 aromatic rings. The molecule has 456 valence electrons. The average molecular weight is 1090 g/mol. The Hall–Kier alpha value is -1.85. The van der Waals surface area contributed by atoms with Crippen LogP contribution in [-0.4, -0.2) is 37.2 Å². The molecule has 0 aliphatic carbocycles. The second-order valence-corrected chi connectivity index (χ2v) is 24.2. The van der Waals surface area contributed by atoms with Gasteiger partial charge in [-0.3, -0.25) is 14.4 Å². The molecule has 0 bridgehead atoms. The van der Waals surface area contributed by atoms with Crippen LogP contribution in [0.3, 0.4) is 0 Å². The zero-order valence-corrected chi connectivity index (χ0v) is 52.5. The third-order valence-electron chi connectivity index (χ3n) is 16.3. The Morgan fingerprint density at radius 3 is 0.649 bits per heavy atom. The molecule has 6 nitrogen and oxygen atoms in total. The number of esters is 3. The molecule has 0 aliphatic rings. The van der Waals surface area contributed by atoms with Crippen LogP contribution in [-0.2, 0) is 28.6 Å².